The lowest BCUT2D eigenvalue weighted by molar-refractivity contribution is 0.138. The molecule has 3 N–H and O–H groups in total. The van der Waals surface area contributed by atoms with Gasteiger partial charge in [0.2, 0.25) is 0 Å². The molecule has 0 radical (unpaired) electrons. The summed E-state index contributed by atoms with van der Waals surface area (Å²) in [5.41, 5.74) is 7.77. The average Bonchev–Trinajstić information content (AvgIpc) is 2.33. The van der Waals surface area contributed by atoms with Gasteiger partial charge in [0.15, 0.2) is 0 Å². The Hall–Kier alpha value is -0.380. The minimum atomic E-state index is 0.125. The first kappa shape index (κ1) is 15.0. The highest BCUT2D eigenvalue weighted by Crippen LogP contribution is 2.39. The molecule has 1 aromatic carbocycles. The normalized spacial score (nSPS) is 18.1. The van der Waals surface area contributed by atoms with E-state index in [0.717, 1.165) is 19.6 Å². The van der Waals surface area contributed by atoms with Crippen molar-refractivity contribution in [3.63, 3.8) is 0 Å². The highest BCUT2D eigenvalue weighted by molar-refractivity contribution is 9.10. The molecule has 1 aromatic rings. The van der Waals surface area contributed by atoms with Gasteiger partial charge in [-0.15, -0.1) is 0 Å². The molecule has 0 aliphatic heterocycles. The third kappa shape index (κ3) is 3.39. The van der Waals surface area contributed by atoms with E-state index in [1.165, 1.54) is 29.3 Å². The summed E-state index contributed by atoms with van der Waals surface area (Å²) in [4.78, 5) is 0. The van der Waals surface area contributed by atoms with Gasteiger partial charge in [0.05, 0.1) is 0 Å². The summed E-state index contributed by atoms with van der Waals surface area (Å²) in [7, 11) is 0. The summed E-state index contributed by atoms with van der Waals surface area (Å²) >= 11 is 3.65. The molecule has 0 amide bonds. The topological polar surface area (TPSA) is 38.0 Å². The quantitative estimate of drug-likeness (QED) is 0.841. The molecular formula is C16H25BrN2. The van der Waals surface area contributed by atoms with Crippen LogP contribution in [0.5, 0.6) is 0 Å². The Kier molecular flexibility index (Phi) is 4.70. The second-order valence-electron chi connectivity index (χ2n) is 6.52. The number of halogens is 1. The second-order valence-corrected chi connectivity index (χ2v) is 7.38. The van der Waals surface area contributed by atoms with Gasteiger partial charge in [-0.25, -0.2) is 0 Å². The van der Waals surface area contributed by atoms with Gasteiger partial charge >= 0.3 is 0 Å². The molecule has 0 heterocycles. The molecule has 0 unspecified atom stereocenters. The Morgan fingerprint density at radius 2 is 2.00 bits per heavy atom. The van der Waals surface area contributed by atoms with Crippen molar-refractivity contribution >= 4 is 15.9 Å². The van der Waals surface area contributed by atoms with Gasteiger partial charge in [0.1, 0.15) is 0 Å². The zero-order valence-corrected chi connectivity index (χ0v) is 13.6. The van der Waals surface area contributed by atoms with Gasteiger partial charge in [-0.3, -0.25) is 0 Å². The molecule has 1 aliphatic carbocycles. The highest BCUT2D eigenvalue weighted by atomic mass is 79.9. The molecule has 2 rings (SSSR count). The first-order valence-electron chi connectivity index (χ1n) is 7.15. The van der Waals surface area contributed by atoms with E-state index in [1.54, 1.807) is 0 Å². The summed E-state index contributed by atoms with van der Waals surface area (Å²) in [5.74, 6) is 0. The average molecular weight is 325 g/mol. The number of hydrogen-bond acceptors (Lipinski definition) is 2. The van der Waals surface area contributed by atoms with E-state index in [9.17, 15) is 0 Å². The molecule has 0 saturated heterocycles. The van der Waals surface area contributed by atoms with E-state index >= 15 is 0 Å². The molecule has 1 aliphatic rings. The van der Waals surface area contributed by atoms with Crippen molar-refractivity contribution in [3.05, 3.63) is 34.3 Å². The Morgan fingerprint density at radius 1 is 1.32 bits per heavy atom. The van der Waals surface area contributed by atoms with Gasteiger partial charge < -0.3 is 11.1 Å². The van der Waals surface area contributed by atoms with Crippen molar-refractivity contribution in [1.82, 2.24) is 5.32 Å². The zero-order valence-electron chi connectivity index (χ0n) is 12.0. The van der Waals surface area contributed by atoms with E-state index in [1.807, 2.05) is 0 Å². The van der Waals surface area contributed by atoms with Crippen LogP contribution in [-0.4, -0.2) is 19.6 Å². The summed E-state index contributed by atoms with van der Waals surface area (Å²) in [5, 5.41) is 3.64. The van der Waals surface area contributed by atoms with Crippen LogP contribution in [0, 0.1) is 5.41 Å². The van der Waals surface area contributed by atoms with E-state index in [4.69, 9.17) is 5.73 Å². The molecule has 2 nitrogen and oxygen atoms in total. The van der Waals surface area contributed by atoms with Crippen LogP contribution in [0.3, 0.4) is 0 Å². The van der Waals surface area contributed by atoms with Gasteiger partial charge in [0, 0.05) is 23.0 Å². The SMILES string of the molecule is CC(C)(CNCC1(CN)CCC1)c1ccccc1Br. The van der Waals surface area contributed by atoms with E-state index in [-0.39, 0.29) is 5.41 Å². The summed E-state index contributed by atoms with van der Waals surface area (Å²) < 4.78 is 1.19. The Labute approximate surface area is 125 Å². The van der Waals surface area contributed by atoms with Crippen molar-refractivity contribution in [2.45, 2.75) is 38.5 Å². The predicted octanol–water partition coefficient (Wildman–Crippen LogP) is 3.45. The summed E-state index contributed by atoms with van der Waals surface area (Å²) in [6.07, 6.45) is 3.91. The molecule has 0 spiro atoms. The lowest BCUT2D eigenvalue weighted by Gasteiger charge is -2.42. The van der Waals surface area contributed by atoms with E-state index in [2.05, 4.69) is 59.4 Å². The van der Waals surface area contributed by atoms with Crippen molar-refractivity contribution < 1.29 is 0 Å². The van der Waals surface area contributed by atoms with Crippen molar-refractivity contribution in [3.8, 4) is 0 Å². The molecule has 1 saturated carbocycles. The molecule has 106 valence electrons. The first-order valence-corrected chi connectivity index (χ1v) is 7.94. The largest absolute Gasteiger partial charge is 0.330 e. The van der Waals surface area contributed by atoms with Crippen molar-refractivity contribution in [1.29, 1.82) is 0 Å². The number of hydrogen-bond donors (Lipinski definition) is 2. The monoisotopic (exact) mass is 324 g/mol. The fourth-order valence-electron chi connectivity index (χ4n) is 2.88. The van der Waals surface area contributed by atoms with Crippen LogP contribution in [0.4, 0.5) is 0 Å². The molecule has 19 heavy (non-hydrogen) atoms. The van der Waals surface area contributed by atoms with Gasteiger partial charge in [-0.2, -0.15) is 0 Å². The molecular weight excluding hydrogens is 300 g/mol. The molecule has 0 atom stereocenters. The van der Waals surface area contributed by atoms with Crippen LogP contribution >= 0.6 is 15.9 Å². The van der Waals surface area contributed by atoms with E-state index in [0.29, 0.717) is 5.41 Å². The lowest BCUT2D eigenvalue weighted by atomic mass is 9.68. The van der Waals surface area contributed by atoms with Gasteiger partial charge in [-0.1, -0.05) is 54.4 Å². The number of nitrogens with one attached hydrogen (secondary N) is 1. The van der Waals surface area contributed by atoms with E-state index < -0.39 is 0 Å². The summed E-state index contributed by atoms with van der Waals surface area (Å²) in [6.45, 7) is 7.43. The minimum Gasteiger partial charge on any atom is -0.330 e. The van der Waals surface area contributed by atoms with Gasteiger partial charge in [-0.05, 0) is 36.4 Å². The van der Waals surface area contributed by atoms with Crippen LogP contribution in [0.2, 0.25) is 0 Å². The third-order valence-electron chi connectivity index (χ3n) is 4.52. The van der Waals surface area contributed by atoms with Crippen LogP contribution in [-0.2, 0) is 5.41 Å². The lowest BCUT2D eigenvalue weighted by Crippen LogP contribution is -2.47. The number of rotatable bonds is 6. The van der Waals surface area contributed by atoms with Crippen LogP contribution in [0.25, 0.3) is 0 Å². The fourth-order valence-corrected chi connectivity index (χ4v) is 3.70. The van der Waals surface area contributed by atoms with Crippen LogP contribution < -0.4 is 11.1 Å². The Bertz CT molecular complexity index is 419. The Morgan fingerprint density at radius 3 is 2.53 bits per heavy atom. The fraction of sp³-hybridized carbons (Fsp3) is 0.625. The molecule has 3 heteroatoms. The first-order chi connectivity index (χ1) is 8.99. The summed E-state index contributed by atoms with van der Waals surface area (Å²) in [6, 6.07) is 8.49. The number of nitrogens with two attached hydrogens (primary N) is 1. The maximum atomic E-state index is 5.91. The molecule has 0 bridgehead atoms. The van der Waals surface area contributed by atoms with Crippen LogP contribution in [0.1, 0.15) is 38.7 Å². The third-order valence-corrected chi connectivity index (χ3v) is 5.21. The minimum absolute atomic E-state index is 0.125. The zero-order chi connectivity index (χ0) is 13.9. The maximum absolute atomic E-state index is 5.91. The maximum Gasteiger partial charge on any atom is 0.0213 e. The van der Waals surface area contributed by atoms with Crippen molar-refractivity contribution in [2.24, 2.45) is 11.1 Å². The second kappa shape index (κ2) is 5.94. The molecule has 0 aromatic heterocycles. The highest BCUT2D eigenvalue weighted by Gasteiger charge is 2.35. The molecule has 1 fully saturated rings. The Balaban J connectivity index is 1.93. The van der Waals surface area contributed by atoms with Crippen LogP contribution in [0.15, 0.2) is 28.7 Å². The predicted molar refractivity (Wildman–Crippen MR) is 85.4 cm³/mol. The smallest absolute Gasteiger partial charge is 0.0213 e. The van der Waals surface area contributed by atoms with Crippen molar-refractivity contribution in [2.75, 3.05) is 19.6 Å². The standard InChI is InChI=1S/C16H25BrN2/c1-15(2,13-6-3-4-7-14(13)17)11-19-12-16(10-18)8-5-9-16/h3-4,6-7,19H,5,8-12,18H2,1-2H3. The van der Waals surface area contributed by atoms with Gasteiger partial charge in [0.25, 0.3) is 0 Å². The number of benzene rings is 1.